The molecule has 256 valence electrons. The molecule has 43 heavy (non-hydrogen) atoms. The molecule has 1 atom stereocenters. The van der Waals surface area contributed by atoms with Crippen molar-refractivity contribution in [1.82, 2.24) is 10.6 Å². The first kappa shape index (κ1) is 43.6. The minimum Gasteiger partial charge on any atom is -0.370 e. The number of carbonyl (C=O) groups excluding carboxylic acids is 2. The first-order valence-electron chi connectivity index (χ1n) is 18.1. The Balaban J connectivity index is 0. The van der Waals surface area contributed by atoms with Crippen molar-refractivity contribution in [2.24, 2.45) is 16.5 Å². The molecule has 0 bridgehead atoms. The zero-order chi connectivity index (χ0) is 30.9. The molecule has 0 aliphatic heterocycles. The van der Waals surface area contributed by atoms with Gasteiger partial charge in [-0.05, 0) is 32.1 Å². The first-order valence-corrected chi connectivity index (χ1v) is 18.1. The molecule has 7 nitrogen and oxygen atoms in total. The van der Waals surface area contributed by atoms with Crippen LogP contribution in [0.1, 0.15) is 187 Å². The van der Waals surface area contributed by atoms with E-state index in [0.717, 1.165) is 38.5 Å². The summed E-state index contributed by atoms with van der Waals surface area (Å²) in [4.78, 5) is 29.3. The SMILES string of the molecule is CCCCCCCCCCCCCCCCCCCCCC(=O)N[C@@H](CCCCN=C(N)N)C(=O)NCCCCCC.Cl. The number of hydrogen-bond donors (Lipinski definition) is 4. The van der Waals surface area contributed by atoms with Crippen molar-refractivity contribution in [3.8, 4) is 0 Å². The Morgan fingerprint density at radius 2 is 1.00 bits per heavy atom. The van der Waals surface area contributed by atoms with Gasteiger partial charge in [-0.2, -0.15) is 0 Å². The van der Waals surface area contributed by atoms with Gasteiger partial charge >= 0.3 is 0 Å². The summed E-state index contributed by atoms with van der Waals surface area (Å²) in [5.41, 5.74) is 10.8. The van der Waals surface area contributed by atoms with E-state index >= 15 is 0 Å². The minimum atomic E-state index is -0.483. The monoisotopic (exact) mass is 630 g/mol. The van der Waals surface area contributed by atoms with Crippen molar-refractivity contribution in [3.63, 3.8) is 0 Å². The van der Waals surface area contributed by atoms with E-state index in [2.05, 4.69) is 29.5 Å². The normalized spacial score (nSPS) is 11.5. The van der Waals surface area contributed by atoms with Crippen LogP contribution in [-0.2, 0) is 9.59 Å². The molecule has 0 saturated carbocycles. The maximum Gasteiger partial charge on any atom is 0.242 e. The van der Waals surface area contributed by atoms with Gasteiger partial charge in [0, 0.05) is 19.5 Å². The summed E-state index contributed by atoms with van der Waals surface area (Å²) in [6.45, 7) is 5.67. The highest BCUT2D eigenvalue weighted by Gasteiger charge is 2.19. The van der Waals surface area contributed by atoms with E-state index in [1.165, 1.54) is 122 Å². The Bertz CT molecular complexity index is 644. The molecule has 0 aliphatic rings. The number of nitrogens with zero attached hydrogens (tertiary/aromatic N) is 1. The number of unbranched alkanes of at least 4 members (excludes halogenated alkanes) is 22. The highest BCUT2D eigenvalue weighted by molar-refractivity contribution is 5.87. The summed E-state index contributed by atoms with van der Waals surface area (Å²) in [7, 11) is 0. The number of halogens is 1. The fraction of sp³-hybridized carbons (Fsp3) is 0.914. The van der Waals surface area contributed by atoms with E-state index in [-0.39, 0.29) is 30.2 Å². The average Bonchev–Trinajstić information content (AvgIpc) is 2.97. The van der Waals surface area contributed by atoms with Crippen LogP contribution in [-0.4, -0.2) is 36.9 Å². The Morgan fingerprint density at radius 3 is 1.44 bits per heavy atom. The number of nitrogens with two attached hydrogens (primary N) is 2. The molecule has 0 fully saturated rings. The number of aliphatic imine (C=N–C) groups is 1. The lowest BCUT2D eigenvalue weighted by Crippen LogP contribution is -2.47. The van der Waals surface area contributed by atoms with Gasteiger partial charge in [0.1, 0.15) is 6.04 Å². The predicted molar refractivity (Wildman–Crippen MR) is 189 cm³/mol. The molecule has 8 heteroatoms. The van der Waals surface area contributed by atoms with Crippen LogP contribution in [0.5, 0.6) is 0 Å². The van der Waals surface area contributed by atoms with Gasteiger partial charge in [0.2, 0.25) is 11.8 Å². The highest BCUT2D eigenvalue weighted by atomic mass is 35.5. The maximum atomic E-state index is 12.7. The molecule has 0 aromatic carbocycles. The van der Waals surface area contributed by atoms with Crippen LogP contribution in [0.4, 0.5) is 0 Å². The number of guanidine groups is 1. The molecule has 6 N–H and O–H groups in total. The van der Waals surface area contributed by atoms with E-state index in [9.17, 15) is 9.59 Å². The van der Waals surface area contributed by atoms with Crippen LogP contribution in [0.2, 0.25) is 0 Å². The Morgan fingerprint density at radius 1 is 0.581 bits per heavy atom. The molecule has 0 radical (unpaired) electrons. The quantitative estimate of drug-likeness (QED) is 0.0337. The van der Waals surface area contributed by atoms with Crippen LogP contribution in [0, 0.1) is 0 Å². The van der Waals surface area contributed by atoms with Gasteiger partial charge in [-0.25, -0.2) is 0 Å². The molecule has 0 rings (SSSR count). The van der Waals surface area contributed by atoms with Crippen molar-refractivity contribution in [1.29, 1.82) is 0 Å². The molecule has 2 amide bonds. The Labute approximate surface area is 272 Å². The summed E-state index contributed by atoms with van der Waals surface area (Å²) in [5, 5.41) is 6.01. The molecule has 0 saturated heterocycles. The van der Waals surface area contributed by atoms with Gasteiger partial charge in [0.25, 0.3) is 0 Å². The zero-order valence-corrected chi connectivity index (χ0v) is 29.2. The molecule has 0 heterocycles. The van der Waals surface area contributed by atoms with Crippen molar-refractivity contribution >= 4 is 30.2 Å². The van der Waals surface area contributed by atoms with Gasteiger partial charge in [-0.1, -0.05) is 149 Å². The van der Waals surface area contributed by atoms with Crippen molar-refractivity contribution < 1.29 is 9.59 Å². The number of rotatable bonds is 32. The molecular formula is C35H72ClN5O2. The van der Waals surface area contributed by atoms with E-state index in [4.69, 9.17) is 11.5 Å². The third kappa shape index (κ3) is 33.2. The third-order valence-electron chi connectivity index (χ3n) is 8.18. The predicted octanol–water partition coefficient (Wildman–Crippen LogP) is 8.86. The van der Waals surface area contributed by atoms with Crippen molar-refractivity contribution in [2.45, 2.75) is 193 Å². The summed E-state index contributed by atoms with van der Waals surface area (Å²) in [6.07, 6.45) is 32.5. The average molecular weight is 630 g/mol. The van der Waals surface area contributed by atoms with Crippen LogP contribution >= 0.6 is 12.4 Å². The number of nitrogens with one attached hydrogen (secondary N) is 2. The number of amides is 2. The maximum absolute atomic E-state index is 12.7. The van der Waals surface area contributed by atoms with E-state index in [0.29, 0.717) is 25.9 Å². The smallest absolute Gasteiger partial charge is 0.242 e. The van der Waals surface area contributed by atoms with E-state index in [1.54, 1.807) is 0 Å². The van der Waals surface area contributed by atoms with Crippen LogP contribution in [0.25, 0.3) is 0 Å². The summed E-state index contributed by atoms with van der Waals surface area (Å²) < 4.78 is 0. The second-order valence-corrected chi connectivity index (χ2v) is 12.4. The lowest BCUT2D eigenvalue weighted by atomic mass is 10.0. The fourth-order valence-corrected chi connectivity index (χ4v) is 5.45. The second kappa shape index (κ2) is 35.0. The molecule has 0 aliphatic carbocycles. The van der Waals surface area contributed by atoms with Gasteiger partial charge in [-0.15, -0.1) is 12.4 Å². The number of hydrogen-bond acceptors (Lipinski definition) is 3. The summed E-state index contributed by atoms with van der Waals surface area (Å²) in [6, 6.07) is -0.483. The summed E-state index contributed by atoms with van der Waals surface area (Å²) >= 11 is 0. The third-order valence-corrected chi connectivity index (χ3v) is 8.18. The molecule has 0 aromatic rings. The molecular weight excluding hydrogens is 558 g/mol. The Kier molecular flexibility index (Phi) is 35.5. The fourth-order valence-electron chi connectivity index (χ4n) is 5.45. The molecule has 0 spiro atoms. The summed E-state index contributed by atoms with van der Waals surface area (Å²) in [5.74, 6) is -0.00329. The molecule has 0 unspecified atom stereocenters. The van der Waals surface area contributed by atoms with Gasteiger partial charge in [0.05, 0.1) is 0 Å². The van der Waals surface area contributed by atoms with Gasteiger partial charge in [-0.3, -0.25) is 14.6 Å². The standard InChI is InChI=1S/C35H71N5O2.ClH/c1-3-5-7-9-10-11-12-13-14-15-16-17-18-19-20-21-22-23-24-29-33(41)40-32(28-25-27-31-39-35(36)37)34(42)38-30-26-8-6-4-2;/h32H,3-31H2,1-2H3,(H,38,42)(H,40,41)(H4,36,37,39);1H/t32-;/m0./s1. The highest BCUT2D eigenvalue weighted by Crippen LogP contribution is 2.15. The van der Waals surface area contributed by atoms with Gasteiger partial charge < -0.3 is 22.1 Å². The van der Waals surface area contributed by atoms with E-state index in [1.807, 2.05) is 0 Å². The largest absolute Gasteiger partial charge is 0.370 e. The van der Waals surface area contributed by atoms with Crippen molar-refractivity contribution in [2.75, 3.05) is 13.1 Å². The zero-order valence-electron chi connectivity index (χ0n) is 28.4. The van der Waals surface area contributed by atoms with Crippen LogP contribution in [0.15, 0.2) is 4.99 Å². The second-order valence-electron chi connectivity index (χ2n) is 12.4. The lowest BCUT2D eigenvalue weighted by molar-refractivity contribution is -0.129. The van der Waals surface area contributed by atoms with Gasteiger partial charge in [0.15, 0.2) is 5.96 Å². The first-order chi connectivity index (χ1) is 20.5. The van der Waals surface area contributed by atoms with Crippen molar-refractivity contribution in [3.05, 3.63) is 0 Å². The Hall–Kier alpha value is -1.50. The number of carbonyl (C=O) groups is 2. The topological polar surface area (TPSA) is 123 Å². The lowest BCUT2D eigenvalue weighted by Gasteiger charge is -2.18. The molecule has 0 aromatic heterocycles. The minimum absolute atomic E-state index is 0. The van der Waals surface area contributed by atoms with Crippen LogP contribution in [0.3, 0.4) is 0 Å². The van der Waals surface area contributed by atoms with Crippen LogP contribution < -0.4 is 22.1 Å². The van der Waals surface area contributed by atoms with E-state index < -0.39 is 6.04 Å².